The van der Waals surface area contributed by atoms with Crippen LogP contribution >= 0.6 is 0 Å². The van der Waals surface area contributed by atoms with Crippen molar-refractivity contribution in [2.24, 2.45) is 16.6 Å². The summed E-state index contributed by atoms with van der Waals surface area (Å²) in [6, 6.07) is 0. The van der Waals surface area contributed by atoms with Crippen molar-refractivity contribution in [1.29, 1.82) is 0 Å². The number of nitrogens with one attached hydrogen (secondary N) is 1. The molecule has 0 fully saturated rings. The Hall–Kier alpha value is -1.36. The van der Waals surface area contributed by atoms with Crippen molar-refractivity contribution >= 4 is 11.9 Å². The van der Waals surface area contributed by atoms with Gasteiger partial charge in [-0.15, -0.1) is 0 Å². The average Bonchev–Trinajstić information content (AvgIpc) is 2.16. The molecule has 1 aliphatic rings. The molecule has 1 heterocycles. The molecule has 1 aliphatic heterocycles. The topological polar surface area (TPSA) is 76.7 Å². The van der Waals surface area contributed by atoms with Gasteiger partial charge in [0.25, 0.3) is 0 Å². The van der Waals surface area contributed by atoms with E-state index < -0.39 is 11.7 Å². The number of hydrogen-bond donors (Lipinski definition) is 2. The van der Waals surface area contributed by atoms with E-state index in [1.807, 2.05) is 26.8 Å². The zero-order chi connectivity index (χ0) is 12.2. The van der Waals surface area contributed by atoms with E-state index in [2.05, 4.69) is 10.3 Å². The fourth-order valence-electron chi connectivity index (χ4n) is 1.20. The summed E-state index contributed by atoms with van der Waals surface area (Å²) in [7, 11) is 0. The number of amidine groups is 1. The molecule has 0 aromatic rings. The fourth-order valence-corrected chi connectivity index (χ4v) is 1.20. The van der Waals surface area contributed by atoms with Crippen molar-refractivity contribution in [3.63, 3.8) is 0 Å². The lowest BCUT2D eigenvalue weighted by atomic mass is 10.1. The smallest absolute Gasteiger partial charge is 0.413 e. The number of hydrogen-bond acceptors (Lipinski definition) is 4. The third-order valence-corrected chi connectivity index (χ3v) is 1.95. The second-order valence-corrected chi connectivity index (χ2v) is 4.71. The Morgan fingerprint density at radius 2 is 2.38 bits per heavy atom. The van der Waals surface area contributed by atoms with E-state index in [-0.39, 0.29) is 5.92 Å². The molecule has 1 unspecified atom stereocenters. The number of amides is 1. The molecule has 5 nitrogen and oxygen atoms in total. The van der Waals surface area contributed by atoms with Gasteiger partial charge in [0.2, 0.25) is 0 Å². The molecule has 0 aromatic heterocycles. The van der Waals surface area contributed by atoms with Crippen LogP contribution < -0.4 is 11.1 Å². The van der Waals surface area contributed by atoms with Gasteiger partial charge in [0.1, 0.15) is 11.4 Å². The Morgan fingerprint density at radius 1 is 1.69 bits per heavy atom. The van der Waals surface area contributed by atoms with Gasteiger partial charge in [-0.05, 0) is 26.8 Å². The molecule has 0 bridgehead atoms. The van der Waals surface area contributed by atoms with Crippen LogP contribution in [0.4, 0.5) is 4.79 Å². The van der Waals surface area contributed by atoms with E-state index in [9.17, 15) is 4.79 Å². The van der Waals surface area contributed by atoms with Crippen molar-refractivity contribution < 1.29 is 9.53 Å². The average molecular weight is 225 g/mol. The van der Waals surface area contributed by atoms with Gasteiger partial charge in [-0.2, -0.15) is 0 Å². The molecule has 0 aromatic carbocycles. The van der Waals surface area contributed by atoms with E-state index in [1.165, 1.54) is 0 Å². The minimum Gasteiger partial charge on any atom is -0.444 e. The molecule has 1 atom stereocenters. The number of carbonyl (C=O) groups is 1. The predicted molar refractivity (Wildman–Crippen MR) is 63.4 cm³/mol. The van der Waals surface area contributed by atoms with Crippen molar-refractivity contribution in [3.8, 4) is 0 Å². The molecule has 0 saturated carbocycles. The van der Waals surface area contributed by atoms with Crippen molar-refractivity contribution in [2.45, 2.75) is 26.4 Å². The maximum atomic E-state index is 11.4. The first-order chi connectivity index (χ1) is 7.40. The van der Waals surface area contributed by atoms with Crippen molar-refractivity contribution in [2.75, 3.05) is 13.1 Å². The minimum absolute atomic E-state index is 0.268. The first-order valence-corrected chi connectivity index (χ1v) is 5.33. The molecule has 0 radical (unpaired) electrons. The summed E-state index contributed by atoms with van der Waals surface area (Å²) in [6.07, 6.45) is 3.21. The highest BCUT2D eigenvalue weighted by atomic mass is 16.6. The standard InChI is InChI=1S/C11H19N3O2/c1-11(2,3)16-10(15)14-9-5-4-8(6-12)7-13-9/h4-5,8H,6-7,12H2,1-3H3,(H,13,14,15). The van der Waals surface area contributed by atoms with Gasteiger partial charge in [-0.25, -0.2) is 4.79 Å². The van der Waals surface area contributed by atoms with E-state index in [0.29, 0.717) is 18.9 Å². The Bertz CT molecular complexity index is 316. The lowest BCUT2D eigenvalue weighted by Gasteiger charge is -2.20. The van der Waals surface area contributed by atoms with Gasteiger partial charge < -0.3 is 10.5 Å². The van der Waals surface area contributed by atoms with Crippen LogP contribution in [-0.2, 0) is 4.74 Å². The molecular formula is C11H19N3O2. The van der Waals surface area contributed by atoms with Crippen LogP contribution in [0.2, 0.25) is 0 Å². The highest BCUT2D eigenvalue weighted by molar-refractivity contribution is 6.02. The van der Waals surface area contributed by atoms with Gasteiger partial charge in [0, 0.05) is 19.0 Å². The molecule has 0 saturated heterocycles. The van der Waals surface area contributed by atoms with Crippen molar-refractivity contribution in [3.05, 3.63) is 12.2 Å². The number of nitrogens with two attached hydrogens (primary N) is 1. The molecule has 90 valence electrons. The van der Waals surface area contributed by atoms with Crippen LogP contribution in [0.1, 0.15) is 20.8 Å². The third-order valence-electron chi connectivity index (χ3n) is 1.95. The Balaban J connectivity index is 2.42. The predicted octanol–water partition coefficient (Wildman–Crippen LogP) is 1.05. The molecule has 1 amide bonds. The summed E-state index contributed by atoms with van der Waals surface area (Å²) in [4.78, 5) is 15.6. The summed E-state index contributed by atoms with van der Waals surface area (Å²) in [5.74, 6) is 0.795. The quantitative estimate of drug-likeness (QED) is 0.700. The van der Waals surface area contributed by atoms with Crippen LogP contribution in [0, 0.1) is 5.92 Å². The van der Waals surface area contributed by atoms with Crippen LogP contribution in [0.5, 0.6) is 0 Å². The molecule has 3 N–H and O–H groups in total. The number of carbonyl (C=O) groups excluding carboxylic acids is 1. The number of rotatable bonds is 1. The molecule has 16 heavy (non-hydrogen) atoms. The van der Waals surface area contributed by atoms with E-state index in [4.69, 9.17) is 10.5 Å². The lowest BCUT2D eigenvalue weighted by molar-refractivity contribution is 0.0563. The Morgan fingerprint density at radius 3 is 2.81 bits per heavy atom. The van der Waals surface area contributed by atoms with E-state index in [0.717, 1.165) is 0 Å². The summed E-state index contributed by atoms with van der Waals surface area (Å²) >= 11 is 0. The van der Waals surface area contributed by atoms with Gasteiger partial charge in [0.05, 0.1) is 0 Å². The van der Waals surface area contributed by atoms with E-state index in [1.54, 1.807) is 6.08 Å². The first-order valence-electron chi connectivity index (χ1n) is 5.33. The SMILES string of the molecule is CC(C)(C)OC(=O)NC1=NCC(CN)C=C1. The van der Waals surface area contributed by atoms with Crippen molar-refractivity contribution in [1.82, 2.24) is 5.32 Å². The molecule has 0 aliphatic carbocycles. The minimum atomic E-state index is -0.497. The second kappa shape index (κ2) is 5.12. The monoisotopic (exact) mass is 225 g/mol. The van der Waals surface area contributed by atoms with Crippen LogP contribution in [0.3, 0.4) is 0 Å². The largest absolute Gasteiger partial charge is 0.444 e. The number of alkyl carbamates (subject to hydrolysis) is 1. The summed E-state index contributed by atoms with van der Waals surface area (Å²) < 4.78 is 5.10. The van der Waals surface area contributed by atoms with Gasteiger partial charge in [-0.3, -0.25) is 10.3 Å². The maximum absolute atomic E-state index is 11.4. The number of ether oxygens (including phenoxy) is 1. The maximum Gasteiger partial charge on any atom is 0.413 e. The van der Waals surface area contributed by atoms with Gasteiger partial charge >= 0.3 is 6.09 Å². The van der Waals surface area contributed by atoms with Gasteiger partial charge in [-0.1, -0.05) is 6.08 Å². The fraction of sp³-hybridized carbons (Fsp3) is 0.636. The van der Waals surface area contributed by atoms with E-state index >= 15 is 0 Å². The highest BCUT2D eigenvalue weighted by Gasteiger charge is 2.17. The summed E-state index contributed by atoms with van der Waals surface area (Å²) in [5.41, 5.74) is 5.00. The molecule has 5 heteroatoms. The Labute approximate surface area is 95.8 Å². The number of nitrogens with zero attached hydrogens (tertiary/aromatic N) is 1. The zero-order valence-corrected chi connectivity index (χ0v) is 9.99. The zero-order valence-electron chi connectivity index (χ0n) is 9.99. The van der Waals surface area contributed by atoms with Crippen LogP contribution in [0.25, 0.3) is 0 Å². The Kier molecular flexibility index (Phi) is 4.06. The third kappa shape index (κ3) is 4.44. The van der Waals surface area contributed by atoms with Gasteiger partial charge in [0.15, 0.2) is 0 Å². The summed E-state index contributed by atoms with van der Waals surface area (Å²) in [6.45, 7) is 6.62. The lowest BCUT2D eigenvalue weighted by Crippen LogP contribution is -2.37. The van der Waals surface area contributed by atoms with Crippen LogP contribution in [-0.4, -0.2) is 30.6 Å². The molecular weight excluding hydrogens is 206 g/mol. The molecule has 1 rings (SSSR count). The second-order valence-electron chi connectivity index (χ2n) is 4.71. The summed E-state index contributed by atoms with van der Waals surface area (Å²) in [5, 5.41) is 2.58. The number of aliphatic imine (C=N–C) groups is 1. The first kappa shape index (κ1) is 12.7. The normalized spacial score (nSPS) is 20.2. The van der Waals surface area contributed by atoms with Crippen LogP contribution in [0.15, 0.2) is 17.1 Å². The highest BCUT2D eigenvalue weighted by Crippen LogP contribution is 2.07. The number of dihydropyridines is 1. The molecule has 0 spiro atoms.